The third-order valence-corrected chi connectivity index (χ3v) is 7.88. The van der Waals surface area contributed by atoms with Crippen LogP contribution in [0.3, 0.4) is 0 Å². The molecule has 3 aromatic rings. The molecule has 0 aromatic heterocycles. The number of benzene rings is 3. The van der Waals surface area contributed by atoms with E-state index in [1.807, 2.05) is 24.3 Å². The van der Waals surface area contributed by atoms with Crippen molar-refractivity contribution in [3.05, 3.63) is 95.6 Å². The number of urea groups is 1. The third-order valence-electron chi connectivity index (χ3n) is 6.37. The molecule has 1 atom stereocenters. The van der Waals surface area contributed by atoms with Crippen molar-refractivity contribution in [2.75, 3.05) is 20.3 Å². The van der Waals surface area contributed by atoms with Crippen LogP contribution in [0.1, 0.15) is 36.6 Å². The number of carbonyl (C=O) groups is 3. The highest BCUT2D eigenvalue weighted by Gasteiger charge is 2.32. The van der Waals surface area contributed by atoms with Crippen LogP contribution in [0.5, 0.6) is 17.2 Å². The van der Waals surface area contributed by atoms with Crippen LogP contribution in [0.2, 0.25) is 5.02 Å². The molecule has 0 bridgehead atoms. The second-order valence-electron chi connectivity index (χ2n) is 9.50. The van der Waals surface area contributed by atoms with E-state index in [1.165, 1.54) is 13.3 Å². The molecule has 3 N–H and O–H groups in total. The molecule has 0 saturated carbocycles. The summed E-state index contributed by atoms with van der Waals surface area (Å²) in [4.78, 5) is 37.4. The number of esters is 1. The summed E-state index contributed by atoms with van der Waals surface area (Å²) in [5, 5.41) is 10.1. The highest BCUT2D eigenvalue weighted by molar-refractivity contribution is 14.1. The van der Waals surface area contributed by atoms with Crippen molar-refractivity contribution in [1.29, 1.82) is 0 Å². The first-order valence-corrected chi connectivity index (χ1v) is 15.8. The van der Waals surface area contributed by atoms with Crippen LogP contribution in [0.4, 0.5) is 4.79 Å². The Bertz CT molecular complexity index is 1650. The van der Waals surface area contributed by atoms with Gasteiger partial charge < -0.3 is 29.6 Å². The van der Waals surface area contributed by atoms with Crippen molar-refractivity contribution in [1.82, 2.24) is 16.1 Å². The first-order chi connectivity index (χ1) is 21.6. The summed E-state index contributed by atoms with van der Waals surface area (Å²) in [5.41, 5.74) is 5.26. The monoisotopic (exact) mass is 810 g/mol. The van der Waals surface area contributed by atoms with E-state index in [9.17, 15) is 14.4 Å². The molecule has 11 nitrogen and oxygen atoms in total. The Balaban J connectivity index is 1.41. The number of halogens is 3. The second-order valence-corrected chi connectivity index (χ2v) is 12.0. The third kappa shape index (κ3) is 9.11. The zero-order valence-electron chi connectivity index (χ0n) is 24.4. The van der Waals surface area contributed by atoms with Crippen molar-refractivity contribution in [3.63, 3.8) is 0 Å². The number of hydrogen-bond acceptors (Lipinski definition) is 8. The predicted octanol–water partition coefficient (Wildman–Crippen LogP) is 6.01. The number of methoxy groups -OCH3 is 1. The molecular weight excluding hydrogens is 783 g/mol. The minimum atomic E-state index is -0.778. The molecule has 0 aliphatic carbocycles. The summed E-state index contributed by atoms with van der Waals surface area (Å²) in [6.45, 7) is 3.46. The fourth-order valence-corrected chi connectivity index (χ4v) is 6.15. The number of nitrogens with one attached hydrogen (secondary N) is 3. The Kier molecular flexibility index (Phi) is 12.1. The molecule has 1 aliphatic rings. The van der Waals surface area contributed by atoms with Gasteiger partial charge in [-0.1, -0.05) is 45.7 Å². The molecule has 0 spiro atoms. The van der Waals surface area contributed by atoms with E-state index in [2.05, 4.69) is 59.7 Å². The SMILES string of the molecule is CCOC(=O)C1=C(C)NC(=O)N[C@@H]1c1ccc(OCC(=O)N/N=C/c2cc(Br)cc(I)c2OCc2ccc(Cl)cc2)c(OC)c1. The molecule has 1 aliphatic heterocycles. The van der Waals surface area contributed by atoms with Gasteiger partial charge in [0.05, 0.1) is 35.1 Å². The number of rotatable bonds is 12. The average molecular weight is 812 g/mol. The topological polar surface area (TPSA) is 137 Å². The lowest BCUT2D eigenvalue weighted by molar-refractivity contribution is -0.139. The summed E-state index contributed by atoms with van der Waals surface area (Å²) in [7, 11) is 1.44. The standard InChI is InChI=1S/C31H29BrClIN4O7/c1-4-43-30(40)27-17(2)36-31(41)37-28(27)19-7-10-24(25(12-19)42-3)44-16-26(39)38-35-14-20-11-21(32)13-23(34)29(20)45-15-18-5-8-22(33)9-6-18/h5-14,28H,4,15-16H2,1-3H3,(H,38,39)(H2,36,37,41)/b35-14+/t28-/m1/s1. The van der Waals surface area contributed by atoms with Gasteiger partial charge in [0, 0.05) is 20.8 Å². The maximum atomic E-state index is 12.6. The molecule has 0 radical (unpaired) electrons. The van der Waals surface area contributed by atoms with Gasteiger partial charge in [-0.3, -0.25) is 4.79 Å². The van der Waals surface area contributed by atoms with Crippen molar-refractivity contribution >= 4 is 74.2 Å². The Hall–Kier alpha value is -3.82. The van der Waals surface area contributed by atoms with E-state index < -0.39 is 23.9 Å². The molecule has 14 heteroatoms. The van der Waals surface area contributed by atoms with E-state index >= 15 is 0 Å². The number of hydrogen-bond donors (Lipinski definition) is 3. The first kappa shape index (κ1) is 34.1. The molecule has 0 fully saturated rings. The lowest BCUT2D eigenvalue weighted by Gasteiger charge is -2.28. The Labute approximate surface area is 286 Å². The molecule has 3 amide bonds. The van der Waals surface area contributed by atoms with E-state index in [0.717, 1.165) is 13.6 Å². The zero-order valence-corrected chi connectivity index (χ0v) is 28.9. The van der Waals surface area contributed by atoms with Crippen LogP contribution in [0.15, 0.2) is 75.4 Å². The second kappa shape index (κ2) is 16.0. The van der Waals surface area contributed by atoms with Crippen molar-refractivity contribution in [3.8, 4) is 17.2 Å². The smallest absolute Gasteiger partial charge is 0.338 e. The van der Waals surface area contributed by atoms with Gasteiger partial charge in [0.25, 0.3) is 5.91 Å². The van der Waals surface area contributed by atoms with Crippen LogP contribution in [-0.4, -0.2) is 44.4 Å². The van der Waals surface area contributed by atoms with Crippen molar-refractivity contribution in [2.24, 2.45) is 5.10 Å². The first-order valence-electron chi connectivity index (χ1n) is 13.5. The van der Waals surface area contributed by atoms with Crippen LogP contribution in [-0.2, 0) is 20.9 Å². The molecule has 0 unspecified atom stereocenters. The largest absolute Gasteiger partial charge is 0.493 e. The van der Waals surface area contributed by atoms with Gasteiger partial charge in [-0.2, -0.15) is 5.10 Å². The zero-order chi connectivity index (χ0) is 32.5. The molecule has 0 saturated heterocycles. The van der Waals surface area contributed by atoms with Gasteiger partial charge in [-0.15, -0.1) is 0 Å². The lowest BCUT2D eigenvalue weighted by Crippen LogP contribution is -2.45. The summed E-state index contributed by atoms with van der Waals surface area (Å²) >= 11 is 11.6. The van der Waals surface area contributed by atoms with E-state index in [-0.39, 0.29) is 24.5 Å². The summed E-state index contributed by atoms with van der Waals surface area (Å²) < 4.78 is 24.1. The summed E-state index contributed by atoms with van der Waals surface area (Å²) in [6.07, 6.45) is 1.49. The van der Waals surface area contributed by atoms with Crippen LogP contribution in [0.25, 0.3) is 0 Å². The van der Waals surface area contributed by atoms with Crippen molar-refractivity contribution in [2.45, 2.75) is 26.5 Å². The number of hydrazone groups is 1. The normalized spacial score (nSPS) is 14.4. The minimum Gasteiger partial charge on any atom is -0.493 e. The number of ether oxygens (including phenoxy) is 4. The van der Waals surface area contributed by atoms with Crippen LogP contribution in [0, 0.1) is 3.57 Å². The quantitative estimate of drug-likeness (QED) is 0.0882. The molecule has 45 heavy (non-hydrogen) atoms. The Morgan fingerprint density at radius 3 is 2.58 bits per heavy atom. The molecule has 4 rings (SSSR count). The number of allylic oxidation sites excluding steroid dienone is 1. The fraction of sp³-hybridized carbons (Fsp3) is 0.226. The lowest BCUT2D eigenvalue weighted by atomic mass is 9.95. The van der Waals surface area contributed by atoms with Gasteiger partial charge in [0.2, 0.25) is 0 Å². The maximum Gasteiger partial charge on any atom is 0.338 e. The highest BCUT2D eigenvalue weighted by atomic mass is 127. The predicted molar refractivity (Wildman–Crippen MR) is 181 cm³/mol. The molecule has 1 heterocycles. The van der Waals surface area contributed by atoms with Crippen LogP contribution < -0.4 is 30.3 Å². The van der Waals surface area contributed by atoms with Gasteiger partial charge in [0.15, 0.2) is 18.1 Å². The van der Waals surface area contributed by atoms with Gasteiger partial charge >= 0.3 is 12.0 Å². The fourth-order valence-electron chi connectivity index (χ4n) is 4.32. The Morgan fingerprint density at radius 1 is 1.11 bits per heavy atom. The van der Waals surface area contributed by atoms with Gasteiger partial charge in [-0.25, -0.2) is 15.0 Å². The van der Waals surface area contributed by atoms with Crippen molar-refractivity contribution < 1.29 is 33.3 Å². The summed E-state index contributed by atoms with van der Waals surface area (Å²) in [5.74, 6) is 0.109. The molecule has 3 aromatic carbocycles. The number of nitrogens with zero attached hydrogens (tertiary/aromatic N) is 1. The number of carbonyl (C=O) groups excluding carboxylic acids is 3. The van der Waals surface area contributed by atoms with E-state index in [0.29, 0.717) is 40.0 Å². The summed E-state index contributed by atoms with van der Waals surface area (Å²) in [6, 6.07) is 14.7. The van der Waals surface area contributed by atoms with E-state index in [4.69, 9.17) is 30.5 Å². The van der Waals surface area contributed by atoms with Gasteiger partial charge in [-0.05, 0) is 84.0 Å². The molecule has 236 valence electrons. The maximum absolute atomic E-state index is 12.6. The number of amides is 3. The Morgan fingerprint density at radius 2 is 1.87 bits per heavy atom. The molecular formula is C31H29BrClIN4O7. The van der Waals surface area contributed by atoms with Crippen LogP contribution >= 0.6 is 50.1 Å². The average Bonchev–Trinajstić information content (AvgIpc) is 3.00. The minimum absolute atomic E-state index is 0.181. The highest BCUT2D eigenvalue weighted by Crippen LogP contribution is 2.35. The van der Waals surface area contributed by atoms with E-state index in [1.54, 1.807) is 44.2 Å². The van der Waals surface area contributed by atoms with Gasteiger partial charge in [0.1, 0.15) is 12.4 Å².